The molecule has 1 heterocycles. The largest absolute Gasteiger partial charge is 0.380 e. The first-order chi connectivity index (χ1) is 4.75. The Balaban J connectivity index is 2.46. The monoisotopic (exact) mass is 147 g/mol. The molecule has 60 valence electrons. The molecular weight excluding hydrogens is 133 g/mol. The summed E-state index contributed by atoms with van der Waals surface area (Å²) in [6, 6.07) is 0. The van der Waals surface area contributed by atoms with E-state index in [2.05, 4.69) is 0 Å². The summed E-state index contributed by atoms with van der Waals surface area (Å²) >= 11 is 0. The van der Waals surface area contributed by atoms with Crippen molar-refractivity contribution in [1.82, 2.24) is 0 Å². The third-order valence-corrected chi connectivity index (χ3v) is 2.35. The highest BCUT2D eigenvalue weighted by Crippen LogP contribution is 2.36. The van der Waals surface area contributed by atoms with Gasteiger partial charge < -0.3 is 10.5 Å². The first-order valence-electron chi connectivity index (χ1n) is 3.67. The molecule has 1 fully saturated rings. The van der Waals surface area contributed by atoms with Gasteiger partial charge in [0.15, 0.2) is 0 Å². The molecule has 0 radical (unpaired) electrons. The van der Waals surface area contributed by atoms with Crippen molar-refractivity contribution in [2.75, 3.05) is 19.8 Å². The van der Waals surface area contributed by atoms with Crippen LogP contribution in [0, 0.1) is 5.41 Å². The number of alkyl halides is 1. The molecule has 0 amide bonds. The van der Waals surface area contributed by atoms with E-state index in [0.29, 0.717) is 13.2 Å². The predicted octanol–water partition coefficient (Wildman–Crippen LogP) is 0.710. The minimum Gasteiger partial charge on any atom is -0.380 e. The molecule has 0 aromatic rings. The van der Waals surface area contributed by atoms with Crippen LogP contribution in [0.25, 0.3) is 0 Å². The summed E-state index contributed by atoms with van der Waals surface area (Å²) in [7, 11) is 0. The van der Waals surface area contributed by atoms with Gasteiger partial charge in [-0.15, -0.1) is 0 Å². The Morgan fingerprint density at radius 1 is 1.70 bits per heavy atom. The average molecular weight is 147 g/mol. The van der Waals surface area contributed by atoms with Crippen LogP contribution in [0.4, 0.5) is 4.39 Å². The fraction of sp³-hybridized carbons (Fsp3) is 1.00. The molecule has 10 heavy (non-hydrogen) atoms. The van der Waals surface area contributed by atoms with E-state index in [0.717, 1.165) is 6.42 Å². The van der Waals surface area contributed by atoms with Gasteiger partial charge in [0.25, 0.3) is 0 Å². The van der Waals surface area contributed by atoms with Crippen LogP contribution < -0.4 is 5.73 Å². The molecule has 0 bridgehead atoms. The van der Waals surface area contributed by atoms with E-state index in [1.165, 1.54) is 0 Å². The summed E-state index contributed by atoms with van der Waals surface area (Å²) in [6.45, 7) is 3.19. The molecule has 1 aliphatic rings. The normalized spacial score (nSPS) is 25.5. The highest BCUT2D eigenvalue weighted by molar-refractivity contribution is 4.91. The SMILES string of the molecule is CCC1(C(F)CN)COC1. The zero-order valence-electron chi connectivity index (χ0n) is 6.27. The summed E-state index contributed by atoms with van der Waals surface area (Å²) < 4.78 is 18.0. The van der Waals surface area contributed by atoms with Gasteiger partial charge in [0, 0.05) is 12.0 Å². The summed E-state index contributed by atoms with van der Waals surface area (Å²) in [4.78, 5) is 0. The van der Waals surface area contributed by atoms with Gasteiger partial charge >= 0.3 is 0 Å². The summed E-state index contributed by atoms with van der Waals surface area (Å²) in [5, 5.41) is 0. The molecule has 0 spiro atoms. The molecular formula is C7H14FNO. The van der Waals surface area contributed by atoms with Crippen molar-refractivity contribution in [3.05, 3.63) is 0 Å². The van der Waals surface area contributed by atoms with Crippen molar-refractivity contribution in [3.63, 3.8) is 0 Å². The molecule has 0 aliphatic carbocycles. The van der Waals surface area contributed by atoms with Crippen LogP contribution in [-0.4, -0.2) is 25.9 Å². The predicted molar refractivity (Wildman–Crippen MR) is 37.5 cm³/mol. The molecule has 1 unspecified atom stereocenters. The number of nitrogens with two attached hydrogens (primary N) is 1. The number of ether oxygens (including phenoxy) is 1. The zero-order chi connectivity index (χ0) is 7.61. The summed E-state index contributed by atoms with van der Waals surface area (Å²) in [6.07, 6.45) is -0.0583. The van der Waals surface area contributed by atoms with Crippen molar-refractivity contribution >= 4 is 0 Å². The second-order valence-corrected chi connectivity index (χ2v) is 2.91. The van der Waals surface area contributed by atoms with Crippen molar-refractivity contribution in [2.24, 2.45) is 11.1 Å². The highest BCUT2D eigenvalue weighted by atomic mass is 19.1. The van der Waals surface area contributed by atoms with Gasteiger partial charge in [-0.25, -0.2) is 4.39 Å². The Labute approximate surface area is 60.5 Å². The van der Waals surface area contributed by atoms with Gasteiger partial charge in [0.2, 0.25) is 0 Å². The van der Waals surface area contributed by atoms with Gasteiger partial charge in [-0.05, 0) is 6.42 Å². The van der Waals surface area contributed by atoms with E-state index < -0.39 is 6.17 Å². The van der Waals surface area contributed by atoms with Crippen LogP contribution in [0.3, 0.4) is 0 Å². The molecule has 2 nitrogen and oxygen atoms in total. The fourth-order valence-corrected chi connectivity index (χ4v) is 1.22. The molecule has 1 saturated heterocycles. The highest BCUT2D eigenvalue weighted by Gasteiger charge is 2.43. The lowest BCUT2D eigenvalue weighted by atomic mass is 9.78. The van der Waals surface area contributed by atoms with Crippen LogP contribution in [0.2, 0.25) is 0 Å². The Kier molecular flexibility index (Phi) is 2.26. The maximum absolute atomic E-state index is 13.0. The number of hydrogen-bond acceptors (Lipinski definition) is 2. The molecule has 1 atom stereocenters. The van der Waals surface area contributed by atoms with Crippen molar-refractivity contribution in [1.29, 1.82) is 0 Å². The van der Waals surface area contributed by atoms with E-state index in [4.69, 9.17) is 10.5 Å². The molecule has 2 N–H and O–H groups in total. The molecule has 3 heteroatoms. The smallest absolute Gasteiger partial charge is 0.122 e. The van der Waals surface area contributed by atoms with E-state index in [9.17, 15) is 4.39 Å². The maximum Gasteiger partial charge on any atom is 0.122 e. The van der Waals surface area contributed by atoms with E-state index >= 15 is 0 Å². The van der Waals surface area contributed by atoms with E-state index in [-0.39, 0.29) is 12.0 Å². The lowest BCUT2D eigenvalue weighted by Gasteiger charge is -2.42. The van der Waals surface area contributed by atoms with Crippen LogP contribution in [0.5, 0.6) is 0 Å². The summed E-state index contributed by atoms with van der Waals surface area (Å²) in [5.74, 6) is 0. The molecule has 0 saturated carbocycles. The van der Waals surface area contributed by atoms with Gasteiger partial charge in [-0.1, -0.05) is 6.92 Å². The van der Waals surface area contributed by atoms with Crippen LogP contribution in [0.1, 0.15) is 13.3 Å². The van der Waals surface area contributed by atoms with Crippen molar-refractivity contribution in [2.45, 2.75) is 19.5 Å². The van der Waals surface area contributed by atoms with E-state index in [1.807, 2.05) is 6.92 Å². The van der Waals surface area contributed by atoms with Gasteiger partial charge in [0.1, 0.15) is 6.17 Å². The first kappa shape index (κ1) is 7.95. The van der Waals surface area contributed by atoms with Gasteiger partial charge in [-0.2, -0.15) is 0 Å². The number of halogens is 1. The van der Waals surface area contributed by atoms with Gasteiger partial charge in [-0.3, -0.25) is 0 Å². The Bertz CT molecular complexity index is 109. The van der Waals surface area contributed by atoms with Crippen molar-refractivity contribution in [3.8, 4) is 0 Å². The second kappa shape index (κ2) is 2.84. The summed E-state index contributed by atoms with van der Waals surface area (Å²) in [5.41, 5.74) is 4.97. The molecule has 0 aromatic carbocycles. The quantitative estimate of drug-likeness (QED) is 0.638. The minimum atomic E-state index is -0.883. The van der Waals surface area contributed by atoms with Gasteiger partial charge in [0.05, 0.1) is 13.2 Å². The fourth-order valence-electron chi connectivity index (χ4n) is 1.22. The zero-order valence-corrected chi connectivity index (χ0v) is 6.27. The Hall–Kier alpha value is -0.150. The lowest BCUT2D eigenvalue weighted by molar-refractivity contribution is -0.151. The minimum absolute atomic E-state index is 0.122. The lowest BCUT2D eigenvalue weighted by Crippen LogP contribution is -2.51. The van der Waals surface area contributed by atoms with Crippen LogP contribution in [0.15, 0.2) is 0 Å². The average Bonchev–Trinajstić information content (AvgIpc) is 1.86. The standard InChI is InChI=1S/C7H14FNO/c1-2-7(4-10-5-7)6(8)3-9/h6H,2-5,9H2,1H3. The maximum atomic E-state index is 13.0. The second-order valence-electron chi connectivity index (χ2n) is 2.91. The van der Waals surface area contributed by atoms with Crippen LogP contribution >= 0.6 is 0 Å². The van der Waals surface area contributed by atoms with Crippen molar-refractivity contribution < 1.29 is 9.13 Å². The topological polar surface area (TPSA) is 35.2 Å². The molecule has 0 aromatic heterocycles. The molecule has 1 rings (SSSR count). The number of rotatable bonds is 3. The third-order valence-electron chi connectivity index (χ3n) is 2.35. The van der Waals surface area contributed by atoms with E-state index in [1.54, 1.807) is 0 Å². The first-order valence-corrected chi connectivity index (χ1v) is 3.67. The molecule has 1 aliphatic heterocycles. The third kappa shape index (κ3) is 1.04. The number of hydrogen-bond donors (Lipinski definition) is 1. The van der Waals surface area contributed by atoms with Crippen LogP contribution in [-0.2, 0) is 4.74 Å². The Morgan fingerprint density at radius 3 is 2.40 bits per heavy atom. The Morgan fingerprint density at radius 2 is 2.30 bits per heavy atom.